The molecule has 18 heavy (non-hydrogen) atoms. The maximum absolute atomic E-state index is 12.3. The van der Waals surface area contributed by atoms with E-state index in [0.29, 0.717) is 19.6 Å². The van der Waals surface area contributed by atoms with Gasteiger partial charge in [-0.15, -0.1) is 0 Å². The average molecular weight is 258 g/mol. The molecule has 1 heterocycles. The van der Waals surface area contributed by atoms with Crippen LogP contribution in [0.5, 0.6) is 0 Å². The molecule has 1 amide bonds. The lowest BCUT2D eigenvalue weighted by Crippen LogP contribution is -2.52. The number of aliphatic hydroxyl groups excluding tert-OH is 1. The standard InChI is InChI=1S/C13H26N2O3/c1-4-13(3,6-7-16)15-12(17)10-8-18-9-11(10)14-5-2/h10-11,14,16H,4-9H2,1-3H3,(H,15,17). The van der Waals surface area contributed by atoms with E-state index in [0.717, 1.165) is 13.0 Å². The predicted molar refractivity (Wildman–Crippen MR) is 70.3 cm³/mol. The zero-order chi connectivity index (χ0) is 13.6. The Labute approximate surface area is 109 Å². The van der Waals surface area contributed by atoms with Gasteiger partial charge >= 0.3 is 0 Å². The Morgan fingerprint density at radius 2 is 2.17 bits per heavy atom. The van der Waals surface area contributed by atoms with Gasteiger partial charge in [-0.2, -0.15) is 0 Å². The van der Waals surface area contributed by atoms with Crippen LogP contribution in [-0.2, 0) is 9.53 Å². The van der Waals surface area contributed by atoms with Gasteiger partial charge in [-0.25, -0.2) is 0 Å². The minimum atomic E-state index is -0.328. The SMILES string of the molecule is CCNC1COCC1C(=O)NC(C)(CC)CCO. The van der Waals surface area contributed by atoms with Crippen molar-refractivity contribution in [2.24, 2.45) is 5.92 Å². The normalized spacial score (nSPS) is 26.9. The van der Waals surface area contributed by atoms with E-state index in [4.69, 9.17) is 9.84 Å². The molecule has 0 aliphatic carbocycles. The highest BCUT2D eigenvalue weighted by Gasteiger charge is 2.36. The molecule has 0 bridgehead atoms. The Hall–Kier alpha value is -0.650. The molecule has 106 valence electrons. The molecule has 5 nitrogen and oxygen atoms in total. The van der Waals surface area contributed by atoms with Crippen molar-refractivity contribution in [2.45, 2.75) is 45.2 Å². The third-order valence-electron chi connectivity index (χ3n) is 3.75. The van der Waals surface area contributed by atoms with E-state index in [1.165, 1.54) is 0 Å². The van der Waals surface area contributed by atoms with Gasteiger partial charge in [0.15, 0.2) is 0 Å². The van der Waals surface area contributed by atoms with Crippen molar-refractivity contribution < 1.29 is 14.6 Å². The summed E-state index contributed by atoms with van der Waals surface area (Å²) >= 11 is 0. The van der Waals surface area contributed by atoms with Crippen molar-refractivity contribution in [1.82, 2.24) is 10.6 Å². The van der Waals surface area contributed by atoms with Gasteiger partial charge in [0.05, 0.1) is 19.1 Å². The van der Waals surface area contributed by atoms with E-state index < -0.39 is 0 Å². The van der Waals surface area contributed by atoms with E-state index in [1.54, 1.807) is 0 Å². The molecule has 3 atom stereocenters. The number of carbonyl (C=O) groups excluding carboxylic acids is 1. The highest BCUT2D eigenvalue weighted by atomic mass is 16.5. The Morgan fingerprint density at radius 1 is 1.44 bits per heavy atom. The Bertz CT molecular complexity index is 273. The predicted octanol–water partition coefficient (Wildman–Crippen LogP) is 0.278. The topological polar surface area (TPSA) is 70.6 Å². The van der Waals surface area contributed by atoms with Gasteiger partial charge in [0.1, 0.15) is 0 Å². The number of ether oxygens (including phenoxy) is 1. The van der Waals surface area contributed by atoms with Crippen molar-refractivity contribution in [3.8, 4) is 0 Å². The summed E-state index contributed by atoms with van der Waals surface area (Å²) in [7, 11) is 0. The van der Waals surface area contributed by atoms with E-state index >= 15 is 0 Å². The molecule has 3 N–H and O–H groups in total. The minimum Gasteiger partial charge on any atom is -0.396 e. The van der Waals surface area contributed by atoms with E-state index in [2.05, 4.69) is 10.6 Å². The van der Waals surface area contributed by atoms with Crippen molar-refractivity contribution in [3.63, 3.8) is 0 Å². The van der Waals surface area contributed by atoms with Crippen LogP contribution in [0.1, 0.15) is 33.6 Å². The average Bonchev–Trinajstić information content (AvgIpc) is 2.78. The van der Waals surface area contributed by atoms with Crippen LogP contribution in [0.2, 0.25) is 0 Å². The molecule has 0 saturated carbocycles. The third kappa shape index (κ3) is 3.93. The lowest BCUT2D eigenvalue weighted by atomic mass is 9.92. The zero-order valence-electron chi connectivity index (χ0n) is 11.7. The van der Waals surface area contributed by atoms with Crippen LogP contribution in [0.4, 0.5) is 0 Å². The van der Waals surface area contributed by atoms with Gasteiger partial charge in [0.2, 0.25) is 5.91 Å². The minimum absolute atomic E-state index is 0.0243. The fourth-order valence-electron chi connectivity index (χ4n) is 2.24. The number of amides is 1. The molecule has 1 aliphatic heterocycles. The highest BCUT2D eigenvalue weighted by Crippen LogP contribution is 2.19. The molecule has 0 aromatic heterocycles. The number of hydrogen-bond acceptors (Lipinski definition) is 4. The molecule has 5 heteroatoms. The van der Waals surface area contributed by atoms with Crippen molar-refractivity contribution in [3.05, 3.63) is 0 Å². The highest BCUT2D eigenvalue weighted by molar-refractivity contribution is 5.80. The lowest BCUT2D eigenvalue weighted by Gasteiger charge is -2.31. The molecule has 1 fully saturated rings. The second-order valence-corrected chi connectivity index (χ2v) is 5.19. The van der Waals surface area contributed by atoms with Crippen LogP contribution < -0.4 is 10.6 Å². The fraction of sp³-hybridized carbons (Fsp3) is 0.923. The summed E-state index contributed by atoms with van der Waals surface area (Å²) in [5, 5.41) is 15.4. The third-order valence-corrected chi connectivity index (χ3v) is 3.75. The van der Waals surface area contributed by atoms with Gasteiger partial charge < -0.3 is 20.5 Å². The first-order valence-corrected chi connectivity index (χ1v) is 6.80. The van der Waals surface area contributed by atoms with Gasteiger partial charge in [-0.1, -0.05) is 13.8 Å². The van der Waals surface area contributed by atoms with Crippen LogP contribution in [0, 0.1) is 5.92 Å². The molecule has 0 aromatic carbocycles. The molecule has 0 aromatic rings. The first kappa shape index (κ1) is 15.4. The number of nitrogens with one attached hydrogen (secondary N) is 2. The van der Waals surface area contributed by atoms with Crippen molar-refractivity contribution in [1.29, 1.82) is 0 Å². The van der Waals surface area contributed by atoms with E-state index in [9.17, 15) is 4.79 Å². The molecular formula is C13H26N2O3. The number of hydrogen-bond donors (Lipinski definition) is 3. The molecular weight excluding hydrogens is 232 g/mol. The second-order valence-electron chi connectivity index (χ2n) is 5.19. The summed E-state index contributed by atoms with van der Waals surface area (Å²) in [4.78, 5) is 12.3. The summed E-state index contributed by atoms with van der Waals surface area (Å²) in [5.41, 5.74) is -0.328. The fourth-order valence-corrected chi connectivity index (χ4v) is 2.24. The number of rotatable bonds is 7. The Morgan fingerprint density at radius 3 is 2.72 bits per heavy atom. The monoisotopic (exact) mass is 258 g/mol. The lowest BCUT2D eigenvalue weighted by molar-refractivity contribution is -0.127. The van der Waals surface area contributed by atoms with Gasteiger partial charge in [-0.05, 0) is 26.3 Å². The summed E-state index contributed by atoms with van der Waals surface area (Å²) in [6, 6.07) is 0.102. The van der Waals surface area contributed by atoms with Crippen LogP contribution >= 0.6 is 0 Å². The van der Waals surface area contributed by atoms with E-state index in [-0.39, 0.29) is 30.0 Å². The van der Waals surface area contributed by atoms with E-state index in [1.807, 2.05) is 20.8 Å². The maximum atomic E-state index is 12.3. The first-order chi connectivity index (χ1) is 8.56. The largest absolute Gasteiger partial charge is 0.396 e. The molecule has 1 aliphatic rings. The van der Waals surface area contributed by atoms with Gasteiger partial charge in [-0.3, -0.25) is 4.79 Å². The maximum Gasteiger partial charge on any atom is 0.227 e. The number of likely N-dealkylation sites (N-methyl/N-ethyl adjacent to an activating group) is 1. The molecule has 0 radical (unpaired) electrons. The smallest absolute Gasteiger partial charge is 0.227 e. The molecule has 1 rings (SSSR count). The second kappa shape index (κ2) is 7.07. The molecule has 1 saturated heterocycles. The van der Waals surface area contributed by atoms with Crippen LogP contribution in [0.25, 0.3) is 0 Å². The summed E-state index contributed by atoms with van der Waals surface area (Å²) < 4.78 is 5.38. The summed E-state index contributed by atoms with van der Waals surface area (Å²) in [6.07, 6.45) is 1.38. The quantitative estimate of drug-likeness (QED) is 0.613. The van der Waals surface area contributed by atoms with Gasteiger partial charge in [0, 0.05) is 18.2 Å². The van der Waals surface area contributed by atoms with Crippen LogP contribution in [0.15, 0.2) is 0 Å². The Kier molecular flexibility index (Phi) is 6.05. The first-order valence-electron chi connectivity index (χ1n) is 6.80. The Balaban J connectivity index is 2.58. The molecule has 0 spiro atoms. The van der Waals surface area contributed by atoms with Crippen molar-refractivity contribution >= 4 is 5.91 Å². The van der Waals surface area contributed by atoms with Crippen LogP contribution in [-0.4, -0.2) is 49.0 Å². The van der Waals surface area contributed by atoms with Gasteiger partial charge in [0.25, 0.3) is 0 Å². The van der Waals surface area contributed by atoms with Crippen LogP contribution in [0.3, 0.4) is 0 Å². The number of carbonyl (C=O) groups is 1. The summed E-state index contributed by atoms with van der Waals surface area (Å²) in [5.74, 6) is -0.106. The van der Waals surface area contributed by atoms with Crippen molar-refractivity contribution in [2.75, 3.05) is 26.4 Å². The molecule has 3 unspecified atom stereocenters. The summed E-state index contributed by atoms with van der Waals surface area (Å²) in [6.45, 7) is 8.00. The number of aliphatic hydroxyl groups is 1. The zero-order valence-corrected chi connectivity index (χ0v) is 11.7.